The van der Waals surface area contributed by atoms with Crippen LogP contribution in [0.4, 0.5) is 0 Å². The number of hydrogen-bond donors (Lipinski definition) is 1. The summed E-state index contributed by atoms with van der Waals surface area (Å²) in [7, 11) is 3.21. The van der Waals surface area contributed by atoms with Crippen LogP contribution in [0.2, 0.25) is 0 Å². The average Bonchev–Trinajstić information content (AvgIpc) is 2.30. The number of methoxy groups -OCH3 is 2. The van der Waals surface area contributed by atoms with Crippen LogP contribution in [0.1, 0.15) is 29.7 Å². The molecule has 0 heterocycles. The molecule has 0 aromatic heterocycles. The highest BCUT2D eigenvalue weighted by Crippen LogP contribution is 2.32. The molecule has 90 valence electrons. The maximum absolute atomic E-state index is 10.1. The summed E-state index contributed by atoms with van der Waals surface area (Å²) in [5, 5.41) is 10.1. The molecule has 1 aromatic rings. The number of aliphatic hydroxyl groups is 1. The molecular weight excluding hydrogens is 204 g/mol. The molecule has 1 N–H and O–H groups in total. The van der Waals surface area contributed by atoms with Crippen LogP contribution in [0.5, 0.6) is 5.75 Å². The highest BCUT2D eigenvalue weighted by atomic mass is 16.5. The Kier molecular flexibility index (Phi) is 4.33. The molecule has 0 aliphatic rings. The first kappa shape index (κ1) is 13.0. The van der Waals surface area contributed by atoms with Crippen molar-refractivity contribution in [3.05, 3.63) is 28.8 Å². The lowest BCUT2D eigenvalue weighted by Gasteiger charge is -2.21. The third kappa shape index (κ3) is 2.36. The Bertz CT molecular complexity index is 360. The van der Waals surface area contributed by atoms with Crippen molar-refractivity contribution in [2.75, 3.05) is 14.2 Å². The Labute approximate surface area is 97.0 Å². The molecule has 1 aromatic carbocycles. The molecular formula is C13H20O3. The number of aliphatic hydroxyl groups excluding tert-OH is 1. The van der Waals surface area contributed by atoms with Gasteiger partial charge in [-0.25, -0.2) is 0 Å². The zero-order valence-corrected chi connectivity index (χ0v) is 10.6. The summed E-state index contributed by atoms with van der Waals surface area (Å²) in [6.45, 7) is 5.84. The normalized spacial score (nSPS) is 14.6. The van der Waals surface area contributed by atoms with Crippen LogP contribution in [0.25, 0.3) is 0 Å². The molecule has 0 fully saturated rings. The molecule has 0 saturated heterocycles. The minimum absolute atomic E-state index is 0.254. The molecule has 16 heavy (non-hydrogen) atoms. The highest BCUT2D eigenvalue weighted by molar-refractivity contribution is 5.46. The van der Waals surface area contributed by atoms with Gasteiger partial charge in [-0.2, -0.15) is 0 Å². The van der Waals surface area contributed by atoms with E-state index >= 15 is 0 Å². The third-order valence-electron chi connectivity index (χ3n) is 3.05. The lowest BCUT2D eigenvalue weighted by atomic mass is 9.98. The Morgan fingerprint density at radius 2 is 1.81 bits per heavy atom. The van der Waals surface area contributed by atoms with E-state index in [9.17, 15) is 5.11 Å². The fourth-order valence-electron chi connectivity index (χ4n) is 1.70. The van der Waals surface area contributed by atoms with E-state index in [1.165, 1.54) is 0 Å². The molecule has 0 saturated carbocycles. The first-order valence-electron chi connectivity index (χ1n) is 5.37. The quantitative estimate of drug-likeness (QED) is 0.853. The van der Waals surface area contributed by atoms with E-state index in [2.05, 4.69) is 0 Å². The SMILES string of the molecule is COc1c(C(O)C(C)OC)ccc(C)c1C. The van der Waals surface area contributed by atoms with E-state index in [1.54, 1.807) is 14.2 Å². The van der Waals surface area contributed by atoms with Gasteiger partial charge in [0.1, 0.15) is 11.9 Å². The van der Waals surface area contributed by atoms with Crippen LogP contribution in [0.15, 0.2) is 12.1 Å². The zero-order chi connectivity index (χ0) is 12.3. The van der Waals surface area contributed by atoms with E-state index in [1.807, 2.05) is 32.9 Å². The van der Waals surface area contributed by atoms with Crippen molar-refractivity contribution >= 4 is 0 Å². The van der Waals surface area contributed by atoms with Gasteiger partial charge in [0.05, 0.1) is 13.2 Å². The predicted octanol–water partition coefficient (Wildman–Crippen LogP) is 2.38. The van der Waals surface area contributed by atoms with Crippen LogP contribution in [0, 0.1) is 13.8 Å². The summed E-state index contributed by atoms with van der Waals surface area (Å²) in [6.07, 6.45) is -0.921. The number of rotatable bonds is 4. The maximum atomic E-state index is 10.1. The van der Waals surface area contributed by atoms with Gasteiger partial charge in [-0.1, -0.05) is 12.1 Å². The molecule has 2 unspecified atom stereocenters. The second-order valence-corrected chi connectivity index (χ2v) is 4.02. The fourth-order valence-corrected chi connectivity index (χ4v) is 1.70. The van der Waals surface area contributed by atoms with Crippen molar-refractivity contribution in [3.8, 4) is 5.75 Å². The Hall–Kier alpha value is -1.06. The maximum Gasteiger partial charge on any atom is 0.127 e. The summed E-state index contributed by atoms with van der Waals surface area (Å²) in [5.74, 6) is 0.747. The summed E-state index contributed by atoms with van der Waals surface area (Å²) in [4.78, 5) is 0. The smallest absolute Gasteiger partial charge is 0.127 e. The van der Waals surface area contributed by atoms with Gasteiger partial charge in [0.2, 0.25) is 0 Å². The number of aryl methyl sites for hydroxylation is 1. The van der Waals surface area contributed by atoms with Gasteiger partial charge >= 0.3 is 0 Å². The number of ether oxygens (including phenoxy) is 2. The van der Waals surface area contributed by atoms with Crippen LogP contribution in [-0.4, -0.2) is 25.4 Å². The van der Waals surface area contributed by atoms with Crippen LogP contribution >= 0.6 is 0 Å². The van der Waals surface area contributed by atoms with Gasteiger partial charge in [0.15, 0.2) is 0 Å². The van der Waals surface area contributed by atoms with Gasteiger partial charge in [-0.15, -0.1) is 0 Å². The molecule has 2 atom stereocenters. The third-order valence-corrected chi connectivity index (χ3v) is 3.05. The second-order valence-electron chi connectivity index (χ2n) is 4.02. The molecule has 1 rings (SSSR count). The lowest BCUT2D eigenvalue weighted by Crippen LogP contribution is -2.18. The monoisotopic (exact) mass is 224 g/mol. The fraction of sp³-hybridized carbons (Fsp3) is 0.538. The van der Waals surface area contributed by atoms with Crippen LogP contribution < -0.4 is 4.74 Å². The summed E-state index contributed by atoms with van der Waals surface area (Å²) >= 11 is 0. The zero-order valence-electron chi connectivity index (χ0n) is 10.6. The first-order valence-corrected chi connectivity index (χ1v) is 5.37. The van der Waals surface area contributed by atoms with E-state index in [-0.39, 0.29) is 6.10 Å². The van der Waals surface area contributed by atoms with Crippen molar-refractivity contribution in [2.45, 2.75) is 33.0 Å². The van der Waals surface area contributed by atoms with Crippen LogP contribution in [0.3, 0.4) is 0 Å². The van der Waals surface area contributed by atoms with Crippen molar-refractivity contribution in [2.24, 2.45) is 0 Å². The molecule has 0 amide bonds. The second kappa shape index (κ2) is 5.32. The molecule has 3 nitrogen and oxygen atoms in total. The Morgan fingerprint density at radius 3 is 2.31 bits per heavy atom. The van der Waals surface area contributed by atoms with Crippen molar-refractivity contribution in [3.63, 3.8) is 0 Å². The molecule has 0 bridgehead atoms. The van der Waals surface area contributed by atoms with Gasteiger partial charge in [0.25, 0.3) is 0 Å². The van der Waals surface area contributed by atoms with E-state index in [0.29, 0.717) is 0 Å². The van der Waals surface area contributed by atoms with E-state index < -0.39 is 6.10 Å². The Morgan fingerprint density at radius 1 is 1.19 bits per heavy atom. The predicted molar refractivity (Wildman–Crippen MR) is 63.9 cm³/mol. The van der Waals surface area contributed by atoms with Crippen LogP contribution in [-0.2, 0) is 4.74 Å². The number of benzene rings is 1. The topological polar surface area (TPSA) is 38.7 Å². The minimum Gasteiger partial charge on any atom is -0.496 e. The lowest BCUT2D eigenvalue weighted by molar-refractivity contribution is -0.00254. The summed E-state index contributed by atoms with van der Waals surface area (Å²) in [5.41, 5.74) is 2.99. The van der Waals surface area contributed by atoms with Gasteiger partial charge in [-0.05, 0) is 31.9 Å². The summed E-state index contributed by atoms with van der Waals surface area (Å²) < 4.78 is 10.5. The highest BCUT2D eigenvalue weighted by Gasteiger charge is 2.21. The summed E-state index contributed by atoms with van der Waals surface area (Å²) in [6, 6.07) is 3.88. The molecule has 0 aliphatic carbocycles. The molecule has 3 heteroatoms. The average molecular weight is 224 g/mol. The number of hydrogen-bond acceptors (Lipinski definition) is 3. The molecule has 0 spiro atoms. The van der Waals surface area contributed by atoms with Gasteiger partial charge < -0.3 is 14.6 Å². The van der Waals surface area contributed by atoms with Crippen molar-refractivity contribution < 1.29 is 14.6 Å². The van der Waals surface area contributed by atoms with E-state index in [0.717, 1.165) is 22.4 Å². The molecule has 0 radical (unpaired) electrons. The van der Waals surface area contributed by atoms with Gasteiger partial charge in [-0.3, -0.25) is 0 Å². The van der Waals surface area contributed by atoms with Crippen molar-refractivity contribution in [1.29, 1.82) is 0 Å². The van der Waals surface area contributed by atoms with Gasteiger partial charge in [0, 0.05) is 12.7 Å². The van der Waals surface area contributed by atoms with E-state index in [4.69, 9.17) is 9.47 Å². The standard InChI is InChI=1S/C13H20O3/c1-8-6-7-11(12(14)10(3)15-4)13(16-5)9(8)2/h6-7,10,12,14H,1-5H3. The molecule has 0 aliphatic heterocycles. The minimum atomic E-state index is -0.667. The van der Waals surface area contributed by atoms with Crippen molar-refractivity contribution in [1.82, 2.24) is 0 Å². The Balaban J connectivity index is 3.18. The first-order chi connectivity index (χ1) is 7.52. The largest absolute Gasteiger partial charge is 0.496 e.